The predicted molar refractivity (Wildman–Crippen MR) is 81.1 cm³/mol. The van der Waals surface area contributed by atoms with Crippen molar-refractivity contribution in [2.24, 2.45) is 0 Å². The zero-order chi connectivity index (χ0) is 14.8. The molecule has 0 bridgehead atoms. The monoisotopic (exact) mass is 377 g/mol. The van der Waals surface area contributed by atoms with Crippen LogP contribution >= 0.6 is 27.5 Å². The Kier molecular flexibility index (Phi) is 4.85. The van der Waals surface area contributed by atoms with Crippen molar-refractivity contribution in [2.45, 2.75) is 24.3 Å². The molecule has 2 N–H and O–H groups in total. The highest BCUT2D eigenvalue weighted by molar-refractivity contribution is 9.10. The molecule has 1 aromatic heterocycles. The molecule has 0 aliphatic heterocycles. The van der Waals surface area contributed by atoms with E-state index in [-0.39, 0.29) is 4.90 Å². The van der Waals surface area contributed by atoms with Gasteiger partial charge in [-0.1, -0.05) is 18.5 Å². The van der Waals surface area contributed by atoms with Gasteiger partial charge >= 0.3 is 0 Å². The van der Waals surface area contributed by atoms with Crippen molar-refractivity contribution in [1.82, 2.24) is 14.7 Å². The topological polar surface area (TPSA) is 74.8 Å². The van der Waals surface area contributed by atoms with Gasteiger partial charge in [-0.25, -0.2) is 18.1 Å². The van der Waals surface area contributed by atoms with Crippen molar-refractivity contribution in [2.75, 3.05) is 0 Å². The molecule has 0 radical (unpaired) electrons. The molecule has 20 heavy (non-hydrogen) atoms. The van der Waals surface area contributed by atoms with Crippen LogP contribution in [-0.4, -0.2) is 18.4 Å². The highest BCUT2D eigenvalue weighted by Crippen LogP contribution is 2.26. The van der Waals surface area contributed by atoms with Crippen molar-refractivity contribution < 1.29 is 8.42 Å². The lowest BCUT2D eigenvalue weighted by Crippen LogP contribution is -2.29. The van der Waals surface area contributed by atoms with E-state index in [4.69, 9.17) is 11.6 Å². The molecule has 0 aliphatic carbocycles. The summed E-state index contributed by atoms with van der Waals surface area (Å²) < 4.78 is 27.8. The van der Waals surface area contributed by atoms with Crippen LogP contribution in [0.4, 0.5) is 0 Å². The van der Waals surface area contributed by atoms with Gasteiger partial charge in [0.25, 0.3) is 0 Å². The smallest absolute Gasteiger partial charge is 0.241 e. The highest BCUT2D eigenvalue weighted by atomic mass is 79.9. The van der Waals surface area contributed by atoms with Gasteiger partial charge < -0.3 is 4.98 Å². The number of aromatic nitrogens is 2. The number of hydrogen-bond donors (Lipinski definition) is 2. The summed E-state index contributed by atoms with van der Waals surface area (Å²) in [6.07, 6.45) is 3.83. The maximum Gasteiger partial charge on any atom is 0.241 e. The molecule has 0 amide bonds. The molecule has 1 aromatic carbocycles. The van der Waals surface area contributed by atoms with E-state index in [1.54, 1.807) is 12.4 Å². The third-order valence-corrected chi connectivity index (χ3v) is 5.44. The number of nitrogens with zero attached hydrogens (tertiary/aromatic N) is 1. The number of nitrogens with one attached hydrogen (secondary N) is 2. The zero-order valence-electron chi connectivity index (χ0n) is 10.6. The number of aromatic amines is 1. The summed E-state index contributed by atoms with van der Waals surface area (Å²) in [5, 5.41) is 0.460. The van der Waals surface area contributed by atoms with E-state index >= 15 is 0 Å². The van der Waals surface area contributed by atoms with E-state index < -0.39 is 16.1 Å². The highest BCUT2D eigenvalue weighted by Gasteiger charge is 2.22. The Morgan fingerprint density at radius 2 is 2.25 bits per heavy atom. The SMILES string of the molecule is CCC(NS(=O)(=O)c1ccc(Cl)c(Br)c1)c1ncc[nH]1. The van der Waals surface area contributed by atoms with Crippen LogP contribution in [0.3, 0.4) is 0 Å². The normalized spacial score (nSPS) is 13.3. The molecule has 2 rings (SSSR count). The van der Waals surface area contributed by atoms with Crippen molar-refractivity contribution >= 4 is 37.6 Å². The summed E-state index contributed by atoms with van der Waals surface area (Å²) in [6, 6.07) is 4.07. The van der Waals surface area contributed by atoms with Crippen LogP contribution in [0.5, 0.6) is 0 Å². The molecule has 0 saturated heterocycles. The minimum atomic E-state index is -3.64. The minimum Gasteiger partial charge on any atom is -0.347 e. The second-order valence-corrected chi connectivity index (χ2v) is 7.11. The van der Waals surface area contributed by atoms with Gasteiger partial charge in [0, 0.05) is 16.9 Å². The van der Waals surface area contributed by atoms with Crippen LogP contribution in [0.2, 0.25) is 5.02 Å². The van der Waals surface area contributed by atoms with Crippen molar-refractivity contribution in [3.63, 3.8) is 0 Å². The minimum absolute atomic E-state index is 0.152. The molecule has 0 fully saturated rings. The molecular weight excluding hydrogens is 366 g/mol. The Balaban J connectivity index is 2.28. The van der Waals surface area contributed by atoms with Crippen LogP contribution in [-0.2, 0) is 10.0 Å². The first-order valence-corrected chi connectivity index (χ1v) is 8.56. The fourth-order valence-corrected chi connectivity index (χ4v) is 3.66. The Hall–Kier alpha value is -0.890. The number of rotatable bonds is 5. The molecule has 108 valence electrons. The third kappa shape index (κ3) is 3.41. The van der Waals surface area contributed by atoms with Gasteiger partial charge in [-0.3, -0.25) is 0 Å². The standard InChI is InChI=1S/C12H13BrClN3O2S/c1-2-11(12-15-5-6-16-12)17-20(18,19)8-3-4-10(14)9(13)7-8/h3-7,11,17H,2H2,1H3,(H,15,16). The van der Waals surface area contributed by atoms with Crippen molar-refractivity contribution in [3.05, 3.63) is 45.9 Å². The summed E-state index contributed by atoms with van der Waals surface area (Å²) in [7, 11) is -3.64. The number of hydrogen-bond acceptors (Lipinski definition) is 3. The summed E-state index contributed by atoms with van der Waals surface area (Å²) in [5.41, 5.74) is 0. The Labute approximate surface area is 130 Å². The van der Waals surface area contributed by atoms with Gasteiger partial charge in [0.15, 0.2) is 0 Å². The molecule has 0 spiro atoms. The molecule has 5 nitrogen and oxygen atoms in total. The van der Waals surface area contributed by atoms with E-state index in [0.29, 0.717) is 21.7 Å². The first kappa shape index (κ1) is 15.5. The van der Waals surface area contributed by atoms with Crippen LogP contribution in [0, 0.1) is 0 Å². The van der Waals surface area contributed by atoms with Gasteiger partial charge in [0.05, 0.1) is 16.0 Å². The summed E-state index contributed by atoms with van der Waals surface area (Å²) in [5.74, 6) is 0.587. The lowest BCUT2D eigenvalue weighted by atomic mass is 10.2. The first-order chi connectivity index (χ1) is 9.44. The predicted octanol–water partition coefficient (Wildman–Crippen LogP) is 3.26. The number of imidazole rings is 1. The molecule has 1 unspecified atom stereocenters. The van der Waals surface area contributed by atoms with Gasteiger partial charge in [0.2, 0.25) is 10.0 Å². The van der Waals surface area contributed by atoms with E-state index in [2.05, 4.69) is 30.6 Å². The Morgan fingerprint density at radius 3 is 2.80 bits per heavy atom. The van der Waals surface area contributed by atoms with Crippen molar-refractivity contribution in [3.8, 4) is 0 Å². The average molecular weight is 379 g/mol. The molecule has 1 heterocycles. The van der Waals surface area contributed by atoms with E-state index in [1.165, 1.54) is 18.2 Å². The fourth-order valence-electron chi connectivity index (χ4n) is 1.70. The van der Waals surface area contributed by atoms with Gasteiger partial charge in [-0.15, -0.1) is 0 Å². The van der Waals surface area contributed by atoms with Crippen LogP contribution in [0.25, 0.3) is 0 Å². The maximum atomic E-state index is 12.3. The average Bonchev–Trinajstić information content (AvgIpc) is 2.93. The van der Waals surface area contributed by atoms with Gasteiger partial charge in [-0.2, -0.15) is 0 Å². The quantitative estimate of drug-likeness (QED) is 0.838. The molecule has 2 aromatic rings. The lowest BCUT2D eigenvalue weighted by Gasteiger charge is -2.15. The van der Waals surface area contributed by atoms with Crippen LogP contribution in [0.15, 0.2) is 40.0 Å². The summed E-state index contributed by atoms with van der Waals surface area (Å²) >= 11 is 9.09. The Bertz CT molecular complexity index is 689. The summed E-state index contributed by atoms with van der Waals surface area (Å²) in [6.45, 7) is 1.88. The zero-order valence-corrected chi connectivity index (χ0v) is 13.8. The molecular formula is C12H13BrClN3O2S. The first-order valence-electron chi connectivity index (χ1n) is 5.90. The van der Waals surface area contributed by atoms with Crippen molar-refractivity contribution in [1.29, 1.82) is 0 Å². The van der Waals surface area contributed by atoms with E-state index in [0.717, 1.165) is 0 Å². The maximum absolute atomic E-state index is 12.3. The van der Waals surface area contributed by atoms with Crippen LogP contribution in [0.1, 0.15) is 25.2 Å². The fraction of sp³-hybridized carbons (Fsp3) is 0.250. The molecule has 0 saturated carbocycles. The molecule has 1 atom stereocenters. The number of H-pyrrole nitrogens is 1. The van der Waals surface area contributed by atoms with Gasteiger partial charge in [-0.05, 0) is 40.5 Å². The molecule has 0 aliphatic rings. The van der Waals surface area contributed by atoms with Crippen LogP contribution < -0.4 is 4.72 Å². The molecule has 8 heteroatoms. The second-order valence-electron chi connectivity index (χ2n) is 4.13. The number of halogens is 2. The largest absolute Gasteiger partial charge is 0.347 e. The number of sulfonamides is 1. The Morgan fingerprint density at radius 1 is 1.50 bits per heavy atom. The second kappa shape index (κ2) is 6.26. The van der Waals surface area contributed by atoms with E-state index in [9.17, 15) is 8.42 Å². The lowest BCUT2D eigenvalue weighted by molar-refractivity contribution is 0.539. The summed E-state index contributed by atoms with van der Waals surface area (Å²) in [4.78, 5) is 7.15. The number of benzene rings is 1. The van der Waals surface area contributed by atoms with Gasteiger partial charge in [0.1, 0.15) is 5.82 Å². The third-order valence-electron chi connectivity index (χ3n) is 2.76. The van der Waals surface area contributed by atoms with E-state index in [1.807, 2.05) is 6.92 Å².